The van der Waals surface area contributed by atoms with Crippen molar-refractivity contribution in [3.8, 4) is 0 Å². The molecular formula is C6H7NO7. The van der Waals surface area contributed by atoms with Crippen LogP contribution >= 0.6 is 0 Å². The van der Waals surface area contributed by atoms with Gasteiger partial charge in [-0.1, -0.05) is 0 Å². The molecule has 2 atom stereocenters. The largest absolute Gasteiger partial charge is 0.499 e. The number of carbonyl (C=O) groups is 1. The summed E-state index contributed by atoms with van der Waals surface area (Å²) in [6.07, 6.45) is -2.90. The van der Waals surface area contributed by atoms with Crippen LogP contribution < -0.4 is 0 Å². The Labute approximate surface area is 77.3 Å². The molecule has 0 bridgehead atoms. The molecule has 14 heavy (non-hydrogen) atoms. The molecule has 0 fully saturated rings. The van der Waals surface area contributed by atoms with Gasteiger partial charge in [0.15, 0.2) is 11.4 Å². The zero-order valence-corrected chi connectivity index (χ0v) is 6.78. The van der Waals surface area contributed by atoms with E-state index in [-0.39, 0.29) is 0 Å². The Morgan fingerprint density at radius 2 is 2.29 bits per heavy atom. The van der Waals surface area contributed by atoms with E-state index in [0.717, 1.165) is 0 Å². The average Bonchev–Trinajstić information content (AvgIpc) is 2.45. The van der Waals surface area contributed by atoms with E-state index in [0.29, 0.717) is 0 Å². The molecule has 0 aromatic heterocycles. The highest BCUT2D eigenvalue weighted by atomic mass is 16.7. The first kappa shape index (κ1) is 10.4. The van der Waals surface area contributed by atoms with Crippen molar-refractivity contribution in [3.63, 3.8) is 0 Å². The number of carbonyl (C=O) groups excluding carboxylic acids is 1. The summed E-state index contributed by atoms with van der Waals surface area (Å²) in [5.74, 6) is -2.70. The molecule has 1 aliphatic rings. The van der Waals surface area contributed by atoms with Crippen molar-refractivity contribution in [1.29, 1.82) is 0 Å². The van der Waals surface area contributed by atoms with Crippen molar-refractivity contribution in [2.24, 2.45) is 5.34 Å². The van der Waals surface area contributed by atoms with Crippen molar-refractivity contribution in [1.82, 2.24) is 0 Å². The number of cyclic esters (lactones) is 1. The molecule has 0 spiro atoms. The maximum Gasteiger partial charge on any atom is 0.378 e. The highest BCUT2D eigenvalue weighted by Gasteiger charge is 2.41. The van der Waals surface area contributed by atoms with Gasteiger partial charge in [0, 0.05) is 0 Å². The first-order valence-electron chi connectivity index (χ1n) is 3.54. The van der Waals surface area contributed by atoms with Crippen LogP contribution in [0, 0.1) is 4.91 Å². The number of aliphatic hydroxyl groups is 3. The monoisotopic (exact) mass is 205 g/mol. The third-order valence-electron chi connectivity index (χ3n) is 1.59. The van der Waals surface area contributed by atoms with Gasteiger partial charge in [0.25, 0.3) is 0 Å². The van der Waals surface area contributed by atoms with Crippen molar-refractivity contribution < 1.29 is 29.7 Å². The quantitative estimate of drug-likeness (QED) is 0.297. The van der Waals surface area contributed by atoms with Gasteiger partial charge in [-0.15, -0.1) is 4.91 Å². The number of ether oxygens (including phenoxy) is 1. The second-order valence-corrected chi connectivity index (χ2v) is 2.45. The molecule has 2 unspecified atom stereocenters. The Morgan fingerprint density at radius 3 is 2.79 bits per heavy atom. The zero-order valence-electron chi connectivity index (χ0n) is 6.78. The summed E-state index contributed by atoms with van der Waals surface area (Å²) in [5, 5.41) is 28.6. The third-order valence-corrected chi connectivity index (χ3v) is 1.59. The zero-order chi connectivity index (χ0) is 10.7. The van der Waals surface area contributed by atoms with E-state index in [2.05, 4.69) is 9.57 Å². The predicted molar refractivity (Wildman–Crippen MR) is 39.5 cm³/mol. The van der Waals surface area contributed by atoms with Gasteiger partial charge >= 0.3 is 5.97 Å². The lowest BCUT2D eigenvalue weighted by Crippen LogP contribution is -2.32. The molecule has 0 amide bonds. The van der Waals surface area contributed by atoms with Crippen molar-refractivity contribution in [2.45, 2.75) is 12.2 Å². The fourth-order valence-electron chi connectivity index (χ4n) is 0.944. The summed E-state index contributed by atoms with van der Waals surface area (Å²) >= 11 is 0. The maximum atomic E-state index is 10.7. The summed E-state index contributed by atoms with van der Waals surface area (Å²) in [4.78, 5) is 24.5. The lowest BCUT2D eigenvalue weighted by molar-refractivity contribution is -0.148. The first-order chi connectivity index (χ1) is 6.61. The number of aliphatic hydroxyl groups excluding tert-OH is 3. The predicted octanol–water partition coefficient (Wildman–Crippen LogP) is -1.27. The van der Waals surface area contributed by atoms with Crippen LogP contribution in [0.5, 0.6) is 0 Å². The second kappa shape index (κ2) is 4.03. The molecule has 0 radical (unpaired) electrons. The van der Waals surface area contributed by atoms with E-state index in [4.69, 9.17) is 15.3 Å². The smallest absolute Gasteiger partial charge is 0.378 e. The highest BCUT2D eigenvalue weighted by molar-refractivity contribution is 5.89. The van der Waals surface area contributed by atoms with Gasteiger partial charge in [-0.05, 0) is 0 Å². The average molecular weight is 205 g/mol. The third kappa shape index (κ3) is 1.65. The summed E-state index contributed by atoms with van der Waals surface area (Å²) in [5.41, 5.74) is 0. The summed E-state index contributed by atoms with van der Waals surface area (Å²) in [6.45, 7) is -0.725. The number of hydrogen-bond donors (Lipinski definition) is 3. The topological polar surface area (TPSA) is 126 Å². The van der Waals surface area contributed by atoms with Crippen LogP contribution in [-0.2, 0) is 14.4 Å². The Hall–Kier alpha value is -1.67. The van der Waals surface area contributed by atoms with Crippen molar-refractivity contribution in [3.05, 3.63) is 16.4 Å². The number of hydrogen-bond acceptors (Lipinski definition) is 8. The molecule has 1 aliphatic heterocycles. The van der Waals surface area contributed by atoms with Crippen LogP contribution in [0.2, 0.25) is 0 Å². The standard InChI is InChI=1S/C6H7NO7/c8-1-2(9)4-5(14-7-12)3(10)6(11)13-4/h2,4,8-10H,1H2. The summed E-state index contributed by atoms with van der Waals surface area (Å²) in [7, 11) is 0. The molecule has 0 aliphatic carbocycles. The van der Waals surface area contributed by atoms with Gasteiger partial charge < -0.3 is 24.9 Å². The molecule has 0 aromatic rings. The van der Waals surface area contributed by atoms with E-state index in [1.54, 1.807) is 0 Å². The van der Waals surface area contributed by atoms with Gasteiger partial charge in [0.2, 0.25) is 11.5 Å². The lowest BCUT2D eigenvalue weighted by atomic mass is 10.2. The van der Waals surface area contributed by atoms with Gasteiger partial charge in [0.1, 0.15) is 6.10 Å². The first-order valence-corrected chi connectivity index (χ1v) is 3.54. The van der Waals surface area contributed by atoms with Crippen molar-refractivity contribution >= 4 is 5.97 Å². The van der Waals surface area contributed by atoms with Gasteiger partial charge in [0.05, 0.1) is 6.61 Å². The Bertz CT molecular complexity index is 286. The van der Waals surface area contributed by atoms with Crippen LogP contribution in [-0.4, -0.2) is 40.1 Å². The highest BCUT2D eigenvalue weighted by Crippen LogP contribution is 2.24. The van der Waals surface area contributed by atoms with Gasteiger partial charge in [-0.2, -0.15) is 0 Å². The molecule has 8 heteroatoms. The van der Waals surface area contributed by atoms with Gasteiger partial charge in [-0.3, -0.25) is 0 Å². The van der Waals surface area contributed by atoms with Crippen molar-refractivity contribution in [2.75, 3.05) is 6.61 Å². The van der Waals surface area contributed by atoms with E-state index < -0.39 is 36.3 Å². The molecule has 1 rings (SSSR count). The maximum absolute atomic E-state index is 10.7. The molecule has 3 N–H and O–H groups in total. The molecular weight excluding hydrogens is 198 g/mol. The van der Waals surface area contributed by atoms with E-state index in [1.165, 1.54) is 0 Å². The number of esters is 1. The fraction of sp³-hybridized carbons (Fsp3) is 0.500. The molecule has 0 saturated carbocycles. The minimum atomic E-state index is -1.49. The lowest BCUT2D eigenvalue weighted by Gasteiger charge is -2.14. The molecule has 0 aromatic carbocycles. The molecule has 78 valence electrons. The van der Waals surface area contributed by atoms with E-state index in [1.807, 2.05) is 5.34 Å². The van der Waals surface area contributed by atoms with Crippen LogP contribution in [0.15, 0.2) is 16.9 Å². The second-order valence-electron chi connectivity index (χ2n) is 2.45. The summed E-state index contributed by atoms with van der Waals surface area (Å²) < 4.78 is 4.39. The number of rotatable bonds is 4. The molecule has 1 heterocycles. The molecule has 8 nitrogen and oxygen atoms in total. The van der Waals surface area contributed by atoms with Gasteiger partial charge in [-0.25, -0.2) is 4.79 Å². The van der Waals surface area contributed by atoms with Crippen LogP contribution in [0.3, 0.4) is 0 Å². The number of nitrogens with zero attached hydrogens (tertiary/aromatic N) is 1. The van der Waals surface area contributed by atoms with E-state index >= 15 is 0 Å². The minimum Gasteiger partial charge on any atom is -0.499 e. The Morgan fingerprint density at radius 1 is 1.64 bits per heavy atom. The Kier molecular flexibility index (Phi) is 2.99. The normalized spacial score (nSPS) is 23.3. The van der Waals surface area contributed by atoms with E-state index in [9.17, 15) is 9.70 Å². The van der Waals surface area contributed by atoms with Crippen LogP contribution in [0.25, 0.3) is 0 Å². The Balaban J connectivity index is 2.89. The SMILES string of the molecule is O=NOC1=C(O)C(=O)OC1C(O)CO. The molecule has 0 saturated heterocycles. The summed E-state index contributed by atoms with van der Waals surface area (Å²) in [6, 6.07) is 0. The fourth-order valence-corrected chi connectivity index (χ4v) is 0.944. The minimum absolute atomic E-state index is 0.605. The van der Waals surface area contributed by atoms with Crippen LogP contribution in [0.4, 0.5) is 0 Å². The van der Waals surface area contributed by atoms with Crippen LogP contribution in [0.1, 0.15) is 0 Å².